The Morgan fingerprint density at radius 2 is 1.93 bits per heavy atom. The van der Waals surface area contributed by atoms with E-state index in [9.17, 15) is 4.79 Å². The Morgan fingerprint density at radius 1 is 1.07 bits per heavy atom. The summed E-state index contributed by atoms with van der Waals surface area (Å²) in [6, 6.07) is 20.5. The number of hydrogen-bond donors (Lipinski definition) is 1. The van der Waals surface area contributed by atoms with Crippen LogP contribution in [-0.4, -0.2) is 10.9 Å². The van der Waals surface area contributed by atoms with Crippen molar-refractivity contribution in [2.75, 3.05) is 5.32 Å². The fraction of sp³-hybridized carbons (Fsp3) is 0. The van der Waals surface area contributed by atoms with Gasteiger partial charge in [-0.3, -0.25) is 9.78 Å². The largest absolute Gasteiger partial charge is 0.453 e. The van der Waals surface area contributed by atoms with E-state index in [4.69, 9.17) is 9.15 Å². The maximum atomic E-state index is 11.5. The molecule has 2 aromatic carbocycles. The minimum absolute atomic E-state index is 0.267. The van der Waals surface area contributed by atoms with Crippen LogP contribution in [0.4, 0.5) is 5.69 Å². The van der Waals surface area contributed by atoms with E-state index in [0.29, 0.717) is 28.3 Å². The molecule has 0 radical (unpaired) electrons. The summed E-state index contributed by atoms with van der Waals surface area (Å²) in [7, 11) is 0. The summed E-state index contributed by atoms with van der Waals surface area (Å²) < 4.78 is 12.0. The number of rotatable bonds is 5. The first-order chi connectivity index (χ1) is 13.2. The number of carbonyl (C=O) groups excluding carboxylic acids is 1. The van der Waals surface area contributed by atoms with Crippen LogP contribution in [0.3, 0.4) is 0 Å². The molecular formula is C22H16N2O3. The highest BCUT2D eigenvalue weighted by molar-refractivity contribution is 5.99. The quantitative estimate of drug-likeness (QED) is 0.486. The van der Waals surface area contributed by atoms with Crippen molar-refractivity contribution in [3.8, 4) is 22.8 Å². The number of ether oxygens (including phenoxy) is 1. The molecule has 1 N–H and O–H groups in total. The van der Waals surface area contributed by atoms with E-state index in [1.807, 2.05) is 54.6 Å². The highest BCUT2D eigenvalue weighted by Crippen LogP contribution is 2.35. The van der Waals surface area contributed by atoms with E-state index in [0.717, 1.165) is 11.3 Å². The first-order valence-electron chi connectivity index (χ1n) is 8.38. The van der Waals surface area contributed by atoms with Gasteiger partial charge in [0.1, 0.15) is 17.0 Å². The minimum Gasteiger partial charge on any atom is -0.453 e. The number of fused-ring (bicyclic) bond motifs is 1. The van der Waals surface area contributed by atoms with Crippen LogP contribution in [0.25, 0.3) is 22.4 Å². The summed E-state index contributed by atoms with van der Waals surface area (Å²) in [5.74, 6) is 1.68. The molecule has 0 bridgehead atoms. The molecule has 4 rings (SSSR count). The Hall–Kier alpha value is -3.86. The van der Waals surface area contributed by atoms with Crippen LogP contribution >= 0.6 is 0 Å². The highest BCUT2D eigenvalue weighted by atomic mass is 16.5. The molecule has 132 valence electrons. The maximum absolute atomic E-state index is 11.5. The minimum atomic E-state index is -0.267. The SMILES string of the molecule is C=CC(=O)Nc1cccc(-c2cc3nccc(Oc4ccccc4)c3o2)c1. The van der Waals surface area contributed by atoms with Crippen LogP contribution in [-0.2, 0) is 4.79 Å². The first-order valence-corrected chi connectivity index (χ1v) is 8.38. The summed E-state index contributed by atoms with van der Waals surface area (Å²) in [6.45, 7) is 3.46. The Labute approximate surface area is 155 Å². The number of furan rings is 1. The molecule has 5 heteroatoms. The molecule has 0 saturated carbocycles. The van der Waals surface area contributed by atoms with Gasteiger partial charge < -0.3 is 14.5 Å². The van der Waals surface area contributed by atoms with Crippen molar-refractivity contribution in [2.24, 2.45) is 0 Å². The van der Waals surface area contributed by atoms with Crippen molar-refractivity contribution in [1.82, 2.24) is 4.98 Å². The Balaban J connectivity index is 1.70. The molecule has 4 aromatic rings. The fourth-order valence-corrected chi connectivity index (χ4v) is 2.70. The first kappa shape index (κ1) is 16.6. The van der Waals surface area contributed by atoms with Gasteiger partial charge in [-0.05, 0) is 30.3 Å². The molecule has 0 atom stereocenters. The normalized spacial score (nSPS) is 10.5. The zero-order valence-corrected chi connectivity index (χ0v) is 14.4. The van der Waals surface area contributed by atoms with Gasteiger partial charge in [0.2, 0.25) is 5.91 Å². The van der Waals surface area contributed by atoms with Gasteiger partial charge in [0.05, 0.1) is 0 Å². The Kier molecular flexibility index (Phi) is 4.41. The van der Waals surface area contributed by atoms with E-state index in [-0.39, 0.29) is 5.91 Å². The predicted octanol–water partition coefficient (Wildman–Crippen LogP) is 5.41. The van der Waals surface area contributed by atoms with Crippen molar-refractivity contribution < 1.29 is 13.9 Å². The molecular weight excluding hydrogens is 340 g/mol. The lowest BCUT2D eigenvalue weighted by atomic mass is 10.1. The molecule has 0 spiro atoms. The second-order valence-electron chi connectivity index (χ2n) is 5.82. The summed E-state index contributed by atoms with van der Waals surface area (Å²) in [6.07, 6.45) is 2.91. The molecule has 0 aliphatic carbocycles. The lowest BCUT2D eigenvalue weighted by Crippen LogP contribution is -2.06. The standard InChI is InChI=1S/C22H16N2O3/c1-2-21(25)24-16-8-6-7-15(13-16)20-14-18-22(27-20)19(11-12-23-18)26-17-9-4-3-5-10-17/h2-14H,1H2,(H,24,25). The Bertz CT molecular complexity index is 1120. The number of anilines is 1. The number of aromatic nitrogens is 1. The topological polar surface area (TPSA) is 64.4 Å². The number of amides is 1. The molecule has 27 heavy (non-hydrogen) atoms. The van der Waals surface area contributed by atoms with E-state index in [1.54, 1.807) is 18.3 Å². The number of carbonyl (C=O) groups is 1. The number of benzene rings is 2. The molecule has 2 heterocycles. The van der Waals surface area contributed by atoms with Crippen molar-refractivity contribution in [3.63, 3.8) is 0 Å². The fourth-order valence-electron chi connectivity index (χ4n) is 2.70. The average molecular weight is 356 g/mol. The molecule has 0 fully saturated rings. The van der Waals surface area contributed by atoms with Gasteiger partial charge in [-0.1, -0.05) is 36.9 Å². The van der Waals surface area contributed by atoms with Crippen LogP contribution in [0, 0.1) is 0 Å². The predicted molar refractivity (Wildman–Crippen MR) is 105 cm³/mol. The van der Waals surface area contributed by atoms with Gasteiger partial charge in [0.15, 0.2) is 11.3 Å². The lowest BCUT2D eigenvalue weighted by molar-refractivity contribution is -0.111. The third-order valence-electron chi connectivity index (χ3n) is 3.95. The second kappa shape index (κ2) is 7.17. The van der Waals surface area contributed by atoms with Crippen LogP contribution in [0.1, 0.15) is 0 Å². The number of nitrogens with one attached hydrogen (secondary N) is 1. The van der Waals surface area contributed by atoms with Crippen molar-refractivity contribution >= 4 is 22.7 Å². The smallest absolute Gasteiger partial charge is 0.247 e. The molecule has 1 amide bonds. The zero-order chi connectivity index (χ0) is 18.6. The van der Waals surface area contributed by atoms with Gasteiger partial charge in [-0.25, -0.2) is 0 Å². The van der Waals surface area contributed by atoms with Gasteiger partial charge in [-0.15, -0.1) is 0 Å². The number of hydrogen-bond acceptors (Lipinski definition) is 4. The molecule has 0 aliphatic rings. The van der Waals surface area contributed by atoms with Crippen molar-refractivity contribution in [1.29, 1.82) is 0 Å². The van der Waals surface area contributed by atoms with Gasteiger partial charge in [0.25, 0.3) is 0 Å². The average Bonchev–Trinajstić information content (AvgIpc) is 3.14. The van der Waals surface area contributed by atoms with E-state index in [2.05, 4.69) is 16.9 Å². The molecule has 5 nitrogen and oxygen atoms in total. The lowest BCUT2D eigenvalue weighted by Gasteiger charge is -2.05. The van der Waals surface area contributed by atoms with Crippen molar-refractivity contribution in [3.05, 3.63) is 85.6 Å². The van der Waals surface area contributed by atoms with Gasteiger partial charge >= 0.3 is 0 Å². The van der Waals surface area contributed by atoms with Gasteiger partial charge in [0, 0.05) is 29.6 Å². The third-order valence-corrected chi connectivity index (χ3v) is 3.95. The summed E-state index contributed by atoms with van der Waals surface area (Å²) in [4.78, 5) is 15.9. The van der Waals surface area contributed by atoms with Gasteiger partial charge in [-0.2, -0.15) is 0 Å². The monoisotopic (exact) mass is 356 g/mol. The van der Waals surface area contributed by atoms with E-state index < -0.39 is 0 Å². The van der Waals surface area contributed by atoms with E-state index in [1.165, 1.54) is 6.08 Å². The molecule has 0 unspecified atom stereocenters. The Morgan fingerprint density at radius 3 is 2.74 bits per heavy atom. The summed E-state index contributed by atoms with van der Waals surface area (Å²) in [5, 5.41) is 2.74. The highest BCUT2D eigenvalue weighted by Gasteiger charge is 2.13. The van der Waals surface area contributed by atoms with Crippen molar-refractivity contribution in [2.45, 2.75) is 0 Å². The summed E-state index contributed by atoms with van der Waals surface area (Å²) >= 11 is 0. The zero-order valence-electron chi connectivity index (χ0n) is 14.4. The van der Waals surface area contributed by atoms with Crippen LogP contribution in [0.2, 0.25) is 0 Å². The number of nitrogens with zero attached hydrogens (tertiary/aromatic N) is 1. The number of pyridine rings is 1. The molecule has 2 aromatic heterocycles. The summed E-state index contributed by atoms with van der Waals surface area (Å²) in [5.41, 5.74) is 2.74. The second-order valence-corrected chi connectivity index (χ2v) is 5.82. The third kappa shape index (κ3) is 3.57. The molecule has 0 saturated heterocycles. The van der Waals surface area contributed by atoms with Crippen LogP contribution in [0.5, 0.6) is 11.5 Å². The van der Waals surface area contributed by atoms with E-state index >= 15 is 0 Å². The number of para-hydroxylation sites is 1. The maximum Gasteiger partial charge on any atom is 0.247 e. The van der Waals surface area contributed by atoms with Crippen LogP contribution in [0.15, 0.2) is 90.0 Å². The van der Waals surface area contributed by atoms with Crippen LogP contribution < -0.4 is 10.1 Å². The molecule has 0 aliphatic heterocycles.